The van der Waals surface area contributed by atoms with Crippen molar-refractivity contribution in [1.29, 1.82) is 0 Å². The van der Waals surface area contributed by atoms with Gasteiger partial charge in [0.05, 0.1) is 5.69 Å². The van der Waals surface area contributed by atoms with Gasteiger partial charge in [0.15, 0.2) is 0 Å². The van der Waals surface area contributed by atoms with Gasteiger partial charge in [-0.2, -0.15) is 0 Å². The highest BCUT2D eigenvalue weighted by Gasteiger charge is 2.10. The Labute approximate surface area is 112 Å². The number of nitrogens with zero attached hydrogens (tertiary/aromatic N) is 2. The molecule has 0 radical (unpaired) electrons. The largest absolute Gasteiger partial charge is 0.314 e. The maximum Gasteiger partial charge on any atom is 0.0543 e. The molecule has 1 aromatic rings. The van der Waals surface area contributed by atoms with Gasteiger partial charge in [-0.1, -0.05) is 33.8 Å². The molecule has 0 aliphatic carbocycles. The first-order valence-corrected chi connectivity index (χ1v) is 6.97. The predicted octanol–water partition coefficient (Wildman–Crippen LogP) is 2.54. The molecule has 0 aromatic carbocycles. The summed E-state index contributed by atoms with van der Waals surface area (Å²) in [4.78, 5) is 6.84. The minimum Gasteiger partial charge on any atom is -0.314 e. The van der Waals surface area contributed by atoms with E-state index in [0.717, 1.165) is 31.9 Å². The molecule has 1 heterocycles. The van der Waals surface area contributed by atoms with E-state index in [1.165, 1.54) is 0 Å². The van der Waals surface area contributed by atoms with Gasteiger partial charge in [-0.25, -0.2) is 0 Å². The van der Waals surface area contributed by atoms with Crippen LogP contribution in [0, 0.1) is 5.92 Å². The maximum atomic E-state index is 4.39. The summed E-state index contributed by atoms with van der Waals surface area (Å²) >= 11 is 0. The minimum atomic E-state index is 0.568. The highest BCUT2D eigenvalue weighted by Crippen LogP contribution is 2.05. The topological polar surface area (TPSA) is 28.2 Å². The molecule has 1 unspecified atom stereocenters. The van der Waals surface area contributed by atoms with Gasteiger partial charge in [0.2, 0.25) is 0 Å². The van der Waals surface area contributed by atoms with Crippen molar-refractivity contribution in [2.75, 3.05) is 19.6 Å². The Morgan fingerprint density at radius 3 is 2.61 bits per heavy atom. The van der Waals surface area contributed by atoms with Crippen LogP contribution in [0.15, 0.2) is 24.4 Å². The predicted molar refractivity (Wildman–Crippen MR) is 77.5 cm³/mol. The van der Waals surface area contributed by atoms with Crippen LogP contribution >= 0.6 is 0 Å². The number of hydrogen-bond donors (Lipinski definition) is 1. The number of aromatic nitrogens is 1. The van der Waals surface area contributed by atoms with Crippen LogP contribution in [0.25, 0.3) is 0 Å². The maximum absolute atomic E-state index is 4.39. The van der Waals surface area contributed by atoms with Gasteiger partial charge in [0, 0.05) is 25.3 Å². The molecule has 102 valence electrons. The zero-order chi connectivity index (χ0) is 13.4. The van der Waals surface area contributed by atoms with Crippen molar-refractivity contribution in [2.24, 2.45) is 5.92 Å². The molecule has 0 saturated heterocycles. The highest BCUT2D eigenvalue weighted by atomic mass is 15.1. The molecular formula is C15H27N3. The average Bonchev–Trinajstić information content (AvgIpc) is 2.37. The summed E-state index contributed by atoms with van der Waals surface area (Å²) in [7, 11) is 0. The monoisotopic (exact) mass is 249 g/mol. The van der Waals surface area contributed by atoms with E-state index in [2.05, 4.69) is 55.0 Å². The second kappa shape index (κ2) is 8.22. The van der Waals surface area contributed by atoms with Gasteiger partial charge in [-0.05, 0) is 31.1 Å². The molecule has 0 aliphatic rings. The van der Waals surface area contributed by atoms with E-state index in [-0.39, 0.29) is 0 Å². The van der Waals surface area contributed by atoms with Gasteiger partial charge in [-0.15, -0.1) is 0 Å². The van der Waals surface area contributed by atoms with Crippen molar-refractivity contribution in [3.63, 3.8) is 0 Å². The van der Waals surface area contributed by atoms with Crippen molar-refractivity contribution >= 4 is 0 Å². The van der Waals surface area contributed by atoms with Crippen LogP contribution in [0.4, 0.5) is 0 Å². The molecule has 0 amide bonds. The summed E-state index contributed by atoms with van der Waals surface area (Å²) in [5.41, 5.74) is 1.16. The lowest BCUT2D eigenvalue weighted by atomic mass is 10.1. The smallest absolute Gasteiger partial charge is 0.0543 e. The van der Waals surface area contributed by atoms with Crippen LogP contribution < -0.4 is 5.32 Å². The Morgan fingerprint density at radius 2 is 2.06 bits per heavy atom. The molecule has 1 rings (SSSR count). The number of hydrogen-bond acceptors (Lipinski definition) is 3. The number of pyridine rings is 1. The fourth-order valence-electron chi connectivity index (χ4n) is 1.97. The standard InChI is InChI=1S/C15H27N3/c1-5-18(11-14(4)10-17-13(2)3)12-15-8-6-7-9-16-15/h6-9,13-14,17H,5,10-12H2,1-4H3. The normalized spacial score (nSPS) is 13.2. The summed E-state index contributed by atoms with van der Waals surface area (Å²) < 4.78 is 0. The average molecular weight is 249 g/mol. The first kappa shape index (κ1) is 15.1. The third-order valence-electron chi connectivity index (χ3n) is 3.00. The van der Waals surface area contributed by atoms with Gasteiger partial charge >= 0.3 is 0 Å². The van der Waals surface area contributed by atoms with Gasteiger partial charge in [-0.3, -0.25) is 9.88 Å². The molecule has 0 saturated carbocycles. The Kier molecular flexibility index (Phi) is 6.91. The molecule has 0 aliphatic heterocycles. The molecule has 0 bridgehead atoms. The Hall–Kier alpha value is -0.930. The van der Waals surface area contributed by atoms with Gasteiger partial charge < -0.3 is 5.32 Å². The summed E-state index contributed by atoms with van der Waals surface area (Å²) in [6.45, 7) is 13.1. The van der Waals surface area contributed by atoms with Crippen LogP contribution in [0.1, 0.15) is 33.4 Å². The van der Waals surface area contributed by atoms with Crippen molar-refractivity contribution in [2.45, 2.75) is 40.3 Å². The van der Waals surface area contributed by atoms with E-state index < -0.39 is 0 Å². The number of nitrogens with one attached hydrogen (secondary N) is 1. The molecule has 3 nitrogen and oxygen atoms in total. The lowest BCUT2D eigenvalue weighted by Gasteiger charge is -2.24. The molecule has 1 atom stereocenters. The van der Waals surface area contributed by atoms with Crippen LogP contribution in [0.5, 0.6) is 0 Å². The molecule has 0 fully saturated rings. The van der Waals surface area contributed by atoms with E-state index in [1.807, 2.05) is 12.3 Å². The molecule has 1 N–H and O–H groups in total. The van der Waals surface area contributed by atoms with Crippen LogP contribution in [-0.2, 0) is 6.54 Å². The second-order valence-electron chi connectivity index (χ2n) is 5.32. The minimum absolute atomic E-state index is 0.568. The second-order valence-corrected chi connectivity index (χ2v) is 5.32. The molecule has 1 aromatic heterocycles. The lowest BCUT2D eigenvalue weighted by Crippen LogP contribution is -2.35. The van der Waals surface area contributed by atoms with Gasteiger partial charge in [0.1, 0.15) is 0 Å². The third kappa shape index (κ3) is 6.12. The third-order valence-corrected chi connectivity index (χ3v) is 3.00. The number of rotatable bonds is 8. The van der Waals surface area contributed by atoms with Gasteiger partial charge in [0.25, 0.3) is 0 Å². The molecular weight excluding hydrogens is 222 g/mol. The van der Waals surface area contributed by atoms with Crippen LogP contribution in [0.3, 0.4) is 0 Å². The summed E-state index contributed by atoms with van der Waals surface area (Å²) in [5, 5.41) is 3.50. The van der Waals surface area contributed by atoms with E-state index >= 15 is 0 Å². The Morgan fingerprint density at radius 1 is 1.28 bits per heavy atom. The van der Waals surface area contributed by atoms with E-state index in [0.29, 0.717) is 12.0 Å². The van der Waals surface area contributed by atoms with E-state index in [1.54, 1.807) is 0 Å². The molecule has 18 heavy (non-hydrogen) atoms. The zero-order valence-corrected chi connectivity index (χ0v) is 12.2. The van der Waals surface area contributed by atoms with Crippen molar-refractivity contribution in [3.05, 3.63) is 30.1 Å². The quantitative estimate of drug-likeness (QED) is 0.767. The fourth-order valence-corrected chi connectivity index (χ4v) is 1.97. The Balaban J connectivity index is 2.37. The Bertz CT molecular complexity index is 311. The first-order chi connectivity index (χ1) is 8.61. The first-order valence-electron chi connectivity index (χ1n) is 6.97. The van der Waals surface area contributed by atoms with Crippen LogP contribution in [0.2, 0.25) is 0 Å². The molecule has 0 spiro atoms. The SMILES string of the molecule is CCN(Cc1ccccn1)CC(C)CNC(C)C. The summed E-state index contributed by atoms with van der Waals surface area (Å²) in [6.07, 6.45) is 1.87. The molecule has 3 heteroatoms. The zero-order valence-electron chi connectivity index (χ0n) is 12.2. The van der Waals surface area contributed by atoms with Crippen molar-refractivity contribution in [1.82, 2.24) is 15.2 Å². The summed E-state index contributed by atoms with van der Waals surface area (Å²) in [5.74, 6) is 0.663. The summed E-state index contributed by atoms with van der Waals surface area (Å²) in [6, 6.07) is 6.69. The van der Waals surface area contributed by atoms with Crippen LogP contribution in [-0.4, -0.2) is 35.6 Å². The van der Waals surface area contributed by atoms with E-state index in [4.69, 9.17) is 0 Å². The fraction of sp³-hybridized carbons (Fsp3) is 0.667. The highest BCUT2D eigenvalue weighted by molar-refractivity contribution is 5.03. The van der Waals surface area contributed by atoms with Crippen molar-refractivity contribution in [3.8, 4) is 0 Å². The lowest BCUT2D eigenvalue weighted by molar-refractivity contribution is 0.233. The van der Waals surface area contributed by atoms with E-state index in [9.17, 15) is 0 Å². The van der Waals surface area contributed by atoms with Crippen molar-refractivity contribution < 1.29 is 0 Å².